The van der Waals surface area contributed by atoms with Gasteiger partial charge in [-0.15, -0.1) is 0 Å². The molecule has 2 aromatic heterocycles. The lowest BCUT2D eigenvalue weighted by atomic mass is 10.1. The number of anilines is 1. The van der Waals surface area contributed by atoms with Gasteiger partial charge in [-0.2, -0.15) is 0 Å². The molecule has 0 aromatic carbocycles. The topological polar surface area (TPSA) is 80.6 Å². The van der Waals surface area contributed by atoms with Gasteiger partial charge in [-0.3, -0.25) is 14.6 Å². The molecule has 1 saturated heterocycles. The normalized spacial score (nSPS) is 17.2. The summed E-state index contributed by atoms with van der Waals surface area (Å²) in [6.45, 7) is 1.79. The summed E-state index contributed by atoms with van der Waals surface area (Å²) in [4.78, 5) is 36.7. The van der Waals surface area contributed by atoms with E-state index >= 15 is 0 Å². The first-order valence-corrected chi connectivity index (χ1v) is 8.59. The van der Waals surface area contributed by atoms with E-state index in [0.717, 1.165) is 11.5 Å². The Morgan fingerprint density at radius 1 is 1.31 bits per heavy atom. The van der Waals surface area contributed by atoms with Gasteiger partial charge >= 0.3 is 0 Å². The van der Waals surface area contributed by atoms with Crippen LogP contribution in [0.5, 0.6) is 0 Å². The zero-order valence-electron chi connectivity index (χ0n) is 15.0. The second kappa shape index (κ2) is 8.09. The molecule has 1 aliphatic heterocycles. The number of nitrogens with zero attached hydrogens (tertiary/aromatic N) is 5. The molecule has 2 aromatic rings. The molecule has 8 nitrogen and oxygen atoms in total. The van der Waals surface area contributed by atoms with E-state index in [-0.39, 0.29) is 24.0 Å². The summed E-state index contributed by atoms with van der Waals surface area (Å²) in [5.74, 6) is 0.743. The Hall–Kier alpha value is -2.74. The Kier molecular flexibility index (Phi) is 5.62. The van der Waals surface area contributed by atoms with Crippen LogP contribution in [0.4, 0.5) is 5.82 Å². The summed E-state index contributed by atoms with van der Waals surface area (Å²) in [5, 5.41) is 0. The van der Waals surface area contributed by atoms with E-state index < -0.39 is 0 Å². The smallest absolute Gasteiger partial charge is 0.250 e. The minimum atomic E-state index is -0.307. The van der Waals surface area contributed by atoms with Crippen molar-refractivity contribution in [3.05, 3.63) is 52.8 Å². The van der Waals surface area contributed by atoms with Gasteiger partial charge < -0.3 is 19.1 Å². The van der Waals surface area contributed by atoms with Crippen LogP contribution in [0.2, 0.25) is 0 Å². The number of carbonyl (C=O) groups excluding carboxylic acids is 1. The van der Waals surface area contributed by atoms with Crippen LogP contribution in [-0.4, -0.2) is 59.1 Å². The summed E-state index contributed by atoms with van der Waals surface area (Å²) in [5.41, 5.74) is 0.629. The van der Waals surface area contributed by atoms with Gasteiger partial charge in [-0.05, 0) is 6.07 Å². The molecule has 0 aliphatic carbocycles. The zero-order chi connectivity index (χ0) is 18.5. The quantitative estimate of drug-likeness (QED) is 0.783. The number of hydrogen-bond donors (Lipinski definition) is 0. The number of aromatic nitrogens is 3. The fourth-order valence-electron chi connectivity index (χ4n) is 2.97. The Labute approximate surface area is 152 Å². The number of aryl methyl sites for hydroxylation is 1. The van der Waals surface area contributed by atoms with Crippen molar-refractivity contribution in [1.82, 2.24) is 19.4 Å². The van der Waals surface area contributed by atoms with Crippen LogP contribution in [-0.2, 0) is 16.1 Å². The van der Waals surface area contributed by atoms with Crippen molar-refractivity contribution in [3.63, 3.8) is 0 Å². The number of morpholine rings is 1. The fourth-order valence-corrected chi connectivity index (χ4v) is 2.97. The zero-order valence-corrected chi connectivity index (χ0v) is 15.0. The molecule has 0 unspecified atom stereocenters. The molecular formula is C18H23N5O3. The molecule has 3 rings (SSSR count). The van der Waals surface area contributed by atoms with Crippen molar-refractivity contribution in [2.24, 2.45) is 0 Å². The minimum Gasteiger partial charge on any atom is -0.368 e. The number of rotatable bonds is 5. The molecule has 0 spiro atoms. The van der Waals surface area contributed by atoms with Crippen LogP contribution in [0.15, 0.2) is 41.6 Å². The molecule has 26 heavy (non-hydrogen) atoms. The van der Waals surface area contributed by atoms with Crippen molar-refractivity contribution in [2.45, 2.75) is 19.1 Å². The van der Waals surface area contributed by atoms with Gasteiger partial charge in [0, 0.05) is 58.3 Å². The molecule has 0 radical (unpaired) electrons. The second-order valence-electron chi connectivity index (χ2n) is 6.34. The van der Waals surface area contributed by atoms with E-state index in [4.69, 9.17) is 4.74 Å². The van der Waals surface area contributed by atoms with Crippen LogP contribution in [0.3, 0.4) is 0 Å². The van der Waals surface area contributed by atoms with E-state index in [2.05, 4.69) is 9.97 Å². The molecule has 1 fully saturated rings. The number of pyridine rings is 1. The first-order chi connectivity index (χ1) is 12.6. The van der Waals surface area contributed by atoms with Gasteiger partial charge in [0.25, 0.3) is 5.56 Å². The Balaban J connectivity index is 1.66. The van der Waals surface area contributed by atoms with Crippen LogP contribution >= 0.6 is 0 Å². The molecule has 1 aliphatic rings. The maximum absolute atomic E-state index is 12.6. The van der Waals surface area contributed by atoms with Crippen molar-refractivity contribution >= 4 is 11.7 Å². The summed E-state index contributed by atoms with van der Waals surface area (Å²) < 4.78 is 7.38. The van der Waals surface area contributed by atoms with Crippen molar-refractivity contribution in [2.75, 3.05) is 38.7 Å². The average molecular weight is 357 g/mol. The molecule has 138 valence electrons. The monoisotopic (exact) mass is 357 g/mol. The summed E-state index contributed by atoms with van der Waals surface area (Å²) in [6.07, 6.45) is 4.94. The lowest BCUT2D eigenvalue weighted by molar-refractivity contribution is -0.139. The molecule has 0 bridgehead atoms. The third kappa shape index (κ3) is 4.08. The van der Waals surface area contributed by atoms with Gasteiger partial charge in [0.15, 0.2) is 5.82 Å². The highest BCUT2D eigenvalue weighted by Crippen LogP contribution is 2.26. The number of hydrogen-bond acceptors (Lipinski definition) is 6. The predicted molar refractivity (Wildman–Crippen MR) is 97.0 cm³/mol. The Morgan fingerprint density at radius 3 is 2.88 bits per heavy atom. The van der Waals surface area contributed by atoms with Crippen LogP contribution < -0.4 is 10.5 Å². The van der Waals surface area contributed by atoms with Gasteiger partial charge in [-0.25, -0.2) is 4.98 Å². The highest BCUT2D eigenvalue weighted by Gasteiger charge is 2.28. The van der Waals surface area contributed by atoms with E-state index in [1.54, 1.807) is 40.2 Å². The van der Waals surface area contributed by atoms with Gasteiger partial charge in [0.05, 0.1) is 13.2 Å². The molecular weight excluding hydrogens is 334 g/mol. The molecule has 1 amide bonds. The van der Waals surface area contributed by atoms with E-state index in [1.165, 1.54) is 6.07 Å². The lowest BCUT2D eigenvalue weighted by Crippen LogP contribution is -2.43. The molecule has 8 heteroatoms. The minimum absolute atomic E-state index is 0.00402. The maximum atomic E-state index is 12.6. The molecule has 3 heterocycles. The summed E-state index contributed by atoms with van der Waals surface area (Å²) in [7, 11) is 3.80. The second-order valence-corrected chi connectivity index (χ2v) is 6.34. The highest BCUT2D eigenvalue weighted by molar-refractivity contribution is 5.76. The van der Waals surface area contributed by atoms with Gasteiger partial charge in [-0.1, -0.05) is 6.07 Å². The van der Waals surface area contributed by atoms with E-state index in [9.17, 15) is 9.59 Å². The highest BCUT2D eigenvalue weighted by atomic mass is 16.5. The molecule has 0 saturated carbocycles. The largest absolute Gasteiger partial charge is 0.368 e. The number of carbonyl (C=O) groups is 1. The average Bonchev–Trinajstić information content (AvgIpc) is 2.67. The first kappa shape index (κ1) is 18.1. The van der Waals surface area contributed by atoms with Crippen molar-refractivity contribution < 1.29 is 9.53 Å². The predicted octanol–water partition coefficient (Wildman–Crippen LogP) is 0.694. The Morgan fingerprint density at radius 2 is 2.12 bits per heavy atom. The number of ether oxygens (including phenoxy) is 1. The van der Waals surface area contributed by atoms with Crippen LogP contribution in [0.25, 0.3) is 0 Å². The molecule has 1 atom stereocenters. The third-order valence-corrected chi connectivity index (χ3v) is 4.32. The number of amides is 1. The summed E-state index contributed by atoms with van der Waals surface area (Å²) >= 11 is 0. The lowest BCUT2D eigenvalue weighted by Gasteiger charge is -2.33. The Bertz CT molecular complexity index is 820. The third-order valence-electron chi connectivity index (χ3n) is 4.32. The molecule has 0 N–H and O–H groups in total. The van der Waals surface area contributed by atoms with Gasteiger partial charge in [0.1, 0.15) is 11.8 Å². The standard InChI is InChI=1S/C18H23N5O3/c1-21(2)18-17(19-7-8-20-18)14-13-23(11-12-26-14)16(25)6-10-22-9-4-3-5-15(22)24/h3-5,7-9,14H,6,10-13H2,1-2H3/t14-/m1/s1. The summed E-state index contributed by atoms with van der Waals surface area (Å²) in [6, 6.07) is 4.97. The van der Waals surface area contributed by atoms with E-state index in [1.807, 2.05) is 19.0 Å². The van der Waals surface area contributed by atoms with Crippen LogP contribution in [0.1, 0.15) is 18.2 Å². The SMILES string of the molecule is CN(C)c1nccnc1[C@H]1CN(C(=O)CCn2ccccc2=O)CCO1. The van der Waals surface area contributed by atoms with E-state index in [0.29, 0.717) is 26.2 Å². The van der Waals surface area contributed by atoms with Crippen LogP contribution in [0, 0.1) is 0 Å². The maximum Gasteiger partial charge on any atom is 0.250 e. The van der Waals surface area contributed by atoms with Gasteiger partial charge in [0.2, 0.25) is 5.91 Å². The van der Waals surface area contributed by atoms with Crippen molar-refractivity contribution in [3.8, 4) is 0 Å². The first-order valence-electron chi connectivity index (χ1n) is 8.59. The fraction of sp³-hybridized carbons (Fsp3) is 0.444. The van der Waals surface area contributed by atoms with Crippen molar-refractivity contribution in [1.29, 1.82) is 0 Å².